The Morgan fingerprint density at radius 3 is 2.04 bits per heavy atom. The monoisotopic (exact) mass is 695 g/mol. The van der Waals surface area contributed by atoms with Gasteiger partial charge in [-0.25, -0.2) is 0 Å². The summed E-state index contributed by atoms with van der Waals surface area (Å²) in [4.78, 5) is 9.72. The largest absolute Gasteiger partial charge is 0.456 e. The number of rotatable bonds is 7. The zero-order chi connectivity index (χ0) is 36.4. The van der Waals surface area contributed by atoms with E-state index in [2.05, 4.69) is 151 Å². The first-order valence-electron chi connectivity index (χ1n) is 18.4. The van der Waals surface area contributed by atoms with Gasteiger partial charge < -0.3 is 8.98 Å². The lowest BCUT2D eigenvalue weighted by Gasteiger charge is -2.22. The van der Waals surface area contributed by atoms with Crippen LogP contribution in [0.25, 0.3) is 71.7 Å². The average Bonchev–Trinajstić information content (AvgIpc) is 3.82. The van der Waals surface area contributed by atoms with Crippen molar-refractivity contribution in [2.75, 3.05) is 0 Å². The molecule has 0 fully saturated rings. The lowest BCUT2D eigenvalue weighted by atomic mass is 9.82. The van der Waals surface area contributed by atoms with E-state index < -0.39 is 0 Å². The molecular weight excluding hydrogens is 659 g/mol. The Hall–Kier alpha value is -6.78. The van der Waals surface area contributed by atoms with E-state index in [4.69, 9.17) is 9.41 Å². The molecule has 0 unspecified atom stereocenters. The Morgan fingerprint density at radius 2 is 1.24 bits per heavy atom. The molecule has 0 aliphatic heterocycles. The third-order valence-electron chi connectivity index (χ3n) is 11.2. The van der Waals surface area contributed by atoms with Gasteiger partial charge in [-0.1, -0.05) is 129 Å². The number of allylic oxidation sites excluding steroid dienone is 1. The molecule has 258 valence electrons. The van der Waals surface area contributed by atoms with Gasteiger partial charge >= 0.3 is 0 Å². The first-order chi connectivity index (χ1) is 26.5. The highest BCUT2D eigenvalue weighted by molar-refractivity contribution is 6.13. The molecule has 7 aromatic carbocycles. The highest BCUT2D eigenvalue weighted by Crippen LogP contribution is 2.52. The number of furan rings is 1. The molecule has 0 radical (unpaired) electrons. The van der Waals surface area contributed by atoms with Crippen molar-refractivity contribution in [3.63, 3.8) is 0 Å². The molecule has 4 heteroatoms. The van der Waals surface area contributed by atoms with Gasteiger partial charge in [-0.15, -0.1) is 0 Å². The van der Waals surface area contributed by atoms with Crippen LogP contribution in [0.4, 0.5) is 0 Å². The van der Waals surface area contributed by atoms with Crippen LogP contribution in [-0.4, -0.2) is 17.0 Å². The van der Waals surface area contributed by atoms with Crippen LogP contribution in [0.2, 0.25) is 0 Å². The summed E-state index contributed by atoms with van der Waals surface area (Å²) in [5.41, 5.74) is 15.3. The minimum atomic E-state index is -0.176. The number of hydrogen-bond donors (Lipinski definition) is 0. The summed E-state index contributed by atoms with van der Waals surface area (Å²) in [5.74, 6) is 0. The summed E-state index contributed by atoms with van der Waals surface area (Å²) in [7, 11) is 0. The lowest BCUT2D eigenvalue weighted by Crippen LogP contribution is -2.15. The quantitative estimate of drug-likeness (QED) is 0.153. The molecule has 0 saturated heterocycles. The zero-order valence-electron chi connectivity index (χ0n) is 30.3. The SMILES string of the molecule is C=N/C(=C\C(=N/Cn1c2ccccc2c2cc3c(cc21)C(C)(C)c1ccc(-c2ccc4oc5ccccc5c4c2)cc1-3)c1ccccc1)c1ccccc1. The molecule has 0 bridgehead atoms. The van der Waals surface area contributed by atoms with Gasteiger partial charge in [0.1, 0.15) is 17.8 Å². The van der Waals surface area contributed by atoms with Crippen molar-refractivity contribution in [2.24, 2.45) is 9.98 Å². The van der Waals surface area contributed by atoms with Crippen LogP contribution in [0.3, 0.4) is 0 Å². The Morgan fingerprint density at radius 1 is 0.593 bits per heavy atom. The van der Waals surface area contributed by atoms with Crippen molar-refractivity contribution >= 4 is 61.9 Å². The molecule has 4 nitrogen and oxygen atoms in total. The van der Waals surface area contributed by atoms with Crippen LogP contribution >= 0.6 is 0 Å². The van der Waals surface area contributed by atoms with Crippen molar-refractivity contribution in [3.05, 3.63) is 186 Å². The van der Waals surface area contributed by atoms with Crippen LogP contribution in [0.5, 0.6) is 0 Å². The zero-order valence-corrected chi connectivity index (χ0v) is 30.3. The predicted molar refractivity (Wildman–Crippen MR) is 227 cm³/mol. The fourth-order valence-corrected chi connectivity index (χ4v) is 8.46. The lowest BCUT2D eigenvalue weighted by molar-refractivity contribution is 0.660. The van der Waals surface area contributed by atoms with E-state index in [1.54, 1.807) is 0 Å². The van der Waals surface area contributed by atoms with Gasteiger partial charge in [-0.05, 0) is 94.2 Å². The summed E-state index contributed by atoms with van der Waals surface area (Å²) in [6, 6.07) is 55.9. The molecule has 0 saturated carbocycles. The highest BCUT2D eigenvalue weighted by Gasteiger charge is 2.36. The van der Waals surface area contributed by atoms with Gasteiger partial charge in [0, 0.05) is 32.5 Å². The predicted octanol–water partition coefficient (Wildman–Crippen LogP) is 12.9. The molecule has 1 aliphatic carbocycles. The maximum Gasteiger partial charge on any atom is 0.135 e. The molecule has 0 N–H and O–H groups in total. The van der Waals surface area contributed by atoms with E-state index in [9.17, 15) is 0 Å². The summed E-state index contributed by atoms with van der Waals surface area (Å²) >= 11 is 0. The van der Waals surface area contributed by atoms with Gasteiger partial charge in [0.15, 0.2) is 0 Å². The summed E-state index contributed by atoms with van der Waals surface area (Å²) < 4.78 is 8.50. The maximum atomic E-state index is 6.14. The number of fused-ring (bicyclic) bond motifs is 9. The maximum absolute atomic E-state index is 6.14. The van der Waals surface area contributed by atoms with Gasteiger partial charge in [-0.2, -0.15) is 0 Å². The summed E-state index contributed by atoms with van der Waals surface area (Å²) in [6.45, 7) is 9.05. The van der Waals surface area contributed by atoms with Crippen LogP contribution in [0.1, 0.15) is 36.1 Å². The molecule has 0 atom stereocenters. The minimum absolute atomic E-state index is 0.176. The van der Waals surface area contributed by atoms with Gasteiger partial charge in [0.2, 0.25) is 0 Å². The van der Waals surface area contributed by atoms with E-state index in [0.29, 0.717) is 6.67 Å². The number of hydrogen-bond acceptors (Lipinski definition) is 3. The second kappa shape index (κ2) is 12.4. The van der Waals surface area contributed by atoms with Crippen molar-refractivity contribution < 1.29 is 4.42 Å². The molecule has 9 aromatic rings. The highest BCUT2D eigenvalue weighted by atomic mass is 16.3. The number of benzene rings is 7. The topological polar surface area (TPSA) is 42.8 Å². The molecule has 54 heavy (non-hydrogen) atoms. The van der Waals surface area contributed by atoms with Gasteiger partial charge in [-0.3, -0.25) is 9.98 Å². The molecule has 1 aliphatic rings. The first kappa shape index (κ1) is 31.9. The van der Waals surface area contributed by atoms with E-state index in [1.165, 1.54) is 49.7 Å². The van der Waals surface area contributed by atoms with Gasteiger partial charge in [0.25, 0.3) is 0 Å². The molecule has 2 aromatic heterocycles. The van der Waals surface area contributed by atoms with Gasteiger partial charge in [0.05, 0.1) is 22.4 Å². The van der Waals surface area contributed by atoms with E-state index in [-0.39, 0.29) is 5.41 Å². The van der Waals surface area contributed by atoms with Crippen molar-refractivity contribution in [3.8, 4) is 22.3 Å². The Labute approximate surface area is 314 Å². The molecule has 10 rings (SSSR count). The summed E-state index contributed by atoms with van der Waals surface area (Å²) in [6.07, 6.45) is 2.05. The number of para-hydroxylation sites is 2. The van der Waals surface area contributed by atoms with Crippen LogP contribution < -0.4 is 0 Å². The second-order valence-electron chi connectivity index (χ2n) is 14.7. The van der Waals surface area contributed by atoms with E-state index in [1.807, 2.05) is 42.5 Å². The Kier molecular flexibility index (Phi) is 7.34. The first-order valence-corrected chi connectivity index (χ1v) is 18.4. The smallest absolute Gasteiger partial charge is 0.135 e. The Bertz CT molecular complexity index is 3000. The number of nitrogens with zero attached hydrogens (tertiary/aromatic N) is 3. The van der Waals surface area contributed by atoms with E-state index in [0.717, 1.165) is 50.0 Å². The van der Waals surface area contributed by atoms with E-state index >= 15 is 0 Å². The molecular formula is C50H37N3O. The van der Waals surface area contributed by atoms with Crippen LogP contribution in [0.15, 0.2) is 178 Å². The number of aliphatic imine (C=N–C) groups is 2. The fraction of sp³-hybridized carbons (Fsp3) is 0.0800. The van der Waals surface area contributed by atoms with Crippen LogP contribution in [0, 0.1) is 0 Å². The van der Waals surface area contributed by atoms with Crippen molar-refractivity contribution in [1.82, 2.24) is 4.57 Å². The summed E-state index contributed by atoms with van der Waals surface area (Å²) in [5, 5.41) is 4.74. The van der Waals surface area contributed by atoms with Crippen LogP contribution in [-0.2, 0) is 12.1 Å². The minimum Gasteiger partial charge on any atom is -0.456 e. The van der Waals surface area contributed by atoms with Crippen molar-refractivity contribution in [2.45, 2.75) is 25.9 Å². The number of aromatic nitrogens is 1. The standard InChI is InChI=1S/C50H37N3O/c1-50(2)42-24-22-34(35-23-25-49-41(27-35)37-19-11-13-21-48(37)54-49)26-38(42)39-28-40-36-18-10-12-20-46(36)53(47(40)29-43(39)50)31-52-45(33-16-8-5-9-17-33)30-44(51-3)32-14-6-4-7-15-32/h4-30H,3,31H2,1-2H3/b44-30-,52-45+. The third-order valence-corrected chi connectivity index (χ3v) is 11.2. The molecule has 2 heterocycles. The average molecular weight is 696 g/mol. The normalized spacial score (nSPS) is 13.9. The van der Waals surface area contributed by atoms with Crippen molar-refractivity contribution in [1.29, 1.82) is 0 Å². The Balaban J connectivity index is 1.11. The third kappa shape index (κ3) is 5.06. The molecule has 0 spiro atoms. The fourth-order valence-electron chi connectivity index (χ4n) is 8.46. The molecule has 0 amide bonds. The second-order valence-corrected chi connectivity index (χ2v) is 14.7.